The van der Waals surface area contributed by atoms with E-state index in [0.29, 0.717) is 5.69 Å². The van der Waals surface area contributed by atoms with Crippen LogP contribution in [0.4, 0.5) is 5.69 Å². The first kappa shape index (κ1) is 12.9. The molecule has 2 heterocycles. The molecule has 2 aromatic rings. The van der Waals surface area contributed by atoms with Gasteiger partial charge in [-0.15, -0.1) is 0 Å². The topological polar surface area (TPSA) is 67.2 Å². The van der Waals surface area contributed by atoms with E-state index in [1.165, 1.54) is 0 Å². The second kappa shape index (κ2) is 5.09. The van der Waals surface area contributed by atoms with E-state index >= 15 is 0 Å². The molecular weight excluding hydrogens is 254 g/mol. The molecule has 20 heavy (non-hydrogen) atoms. The van der Waals surface area contributed by atoms with E-state index in [0.717, 1.165) is 36.3 Å². The van der Waals surface area contributed by atoms with Crippen molar-refractivity contribution in [1.82, 2.24) is 9.78 Å². The summed E-state index contributed by atoms with van der Waals surface area (Å²) in [6.07, 6.45) is 1.09. The number of amides is 1. The summed E-state index contributed by atoms with van der Waals surface area (Å²) in [5, 5.41) is 17.0. The van der Waals surface area contributed by atoms with Gasteiger partial charge in [0.2, 0.25) is 0 Å². The van der Waals surface area contributed by atoms with Crippen LogP contribution in [0.5, 0.6) is 0 Å². The van der Waals surface area contributed by atoms with Crippen molar-refractivity contribution in [2.75, 3.05) is 5.32 Å². The van der Waals surface area contributed by atoms with Gasteiger partial charge >= 0.3 is 0 Å². The molecule has 1 aromatic heterocycles. The maximum absolute atomic E-state index is 12.2. The Labute approximate surface area is 117 Å². The van der Waals surface area contributed by atoms with Crippen LogP contribution in [0, 0.1) is 6.92 Å². The van der Waals surface area contributed by atoms with Crippen LogP contribution in [0.2, 0.25) is 0 Å². The Hall–Kier alpha value is -2.14. The minimum absolute atomic E-state index is 0.247. The fourth-order valence-electron chi connectivity index (χ4n) is 2.40. The third kappa shape index (κ3) is 2.44. The monoisotopic (exact) mass is 271 g/mol. The summed E-state index contributed by atoms with van der Waals surface area (Å²) in [4.78, 5) is 12.2. The first-order valence-corrected chi connectivity index (χ1v) is 6.77. The molecule has 0 radical (unpaired) electrons. The number of aliphatic hydroxyl groups is 1. The fraction of sp³-hybridized carbons (Fsp3) is 0.333. The van der Waals surface area contributed by atoms with E-state index in [9.17, 15) is 9.90 Å². The van der Waals surface area contributed by atoms with Crippen LogP contribution < -0.4 is 5.32 Å². The Kier molecular flexibility index (Phi) is 3.28. The molecule has 104 valence electrons. The van der Waals surface area contributed by atoms with E-state index in [1.807, 2.05) is 31.2 Å². The van der Waals surface area contributed by atoms with E-state index in [2.05, 4.69) is 10.4 Å². The number of rotatable bonds is 2. The molecule has 0 fully saturated rings. The lowest BCUT2D eigenvalue weighted by molar-refractivity contribution is 0.102. The second-order valence-corrected chi connectivity index (χ2v) is 5.16. The molecule has 1 aliphatic rings. The molecule has 0 saturated carbocycles. The van der Waals surface area contributed by atoms with Crippen LogP contribution >= 0.6 is 0 Å². The van der Waals surface area contributed by atoms with Gasteiger partial charge in [0.1, 0.15) is 0 Å². The van der Waals surface area contributed by atoms with E-state index in [1.54, 1.807) is 10.7 Å². The van der Waals surface area contributed by atoms with Crippen molar-refractivity contribution in [2.24, 2.45) is 0 Å². The molecule has 5 heteroatoms. The molecule has 0 aliphatic carbocycles. The minimum atomic E-state index is -0.517. The summed E-state index contributed by atoms with van der Waals surface area (Å²) >= 11 is 0. The maximum Gasteiger partial charge on any atom is 0.276 e. The number of fused-ring (bicyclic) bond motifs is 1. The van der Waals surface area contributed by atoms with Crippen molar-refractivity contribution in [3.05, 3.63) is 47.3 Å². The van der Waals surface area contributed by atoms with Gasteiger partial charge in [-0.25, -0.2) is 0 Å². The van der Waals surface area contributed by atoms with Gasteiger partial charge in [-0.1, -0.05) is 17.7 Å². The molecule has 1 aromatic carbocycles. The third-order valence-corrected chi connectivity index (χ3v) is 3.54. The predicted molar refractivity (Wildman–Crippen MR) is 75.6 cm³/mol. The van der Waals surface area contributed by atoms with Crippen molar-refractivity contribution in [1.29, 1.82) is 0 Å². The lowest BCUT2D eigenvalue weighted by Gasteiger charge is -2.18. The van der Waals surface area contributed by atoms with Crippen molar-refractivity contribution < 1.29 is 9.90 Å². The van der Waals surface area contributed by atoms with E-state index < -0.39 is 6.10 Å². The largest absolute Gasteiger partial charge is 0.387 e. The number of benzene rings is 1. The summed E-state index contributed by atoms with van der Waals surface area (Å²) < 4.78 is 1.72. The Balaban J connectivity index is 1.79. The SMILES string of the molecule is Cc1ccc(NC(=O)c2cc3n(n2)CCCC3O)cc1. The Morgan fingerprint density at radius 1 is 1.40 bits per heavy atom. The lowest BCUT2D eigenvalue weighted by Crippen LogP contribution is -2.16. The number of anilines is 1. The van der Waals surface area contributed by atoms with Crippen LogP contribution in [0.3, 0.4) is 0 Å². The highest BCUT2D eigenvalue weighted by molar-refractivity contribution is 6.02. The Morgan fingerprint density at radius 3 is 2.85 bits per heavy atom. The van der Waals surface area contributed by atoms with Crippen LogP contribution in [0.15, 0.2) is 30.3 Å². The van der Waals surface area contributed by atoms with Gasteiger partial charge in [-0.3, -0.25) is 9.48 Å². The van der Waals surface area contributed by atoms with Gasteiger partial charge in [-0.2, -0.15) is 5.10 Å². The highest BCUT2D eigenvalue weighted by atomic mass is 16.3. The first-order valence-electron chi connectivity index (χ1n) is 6.77. The van der Waals surface area contributed by atoms with Gasteiger partial charge in [0, 0.05) is 12.2 Å². The van der Waals surface area contributed by atoms with E-state index in [4.69, 9.17) is 0 Å². The van der Waals surface area contributed by atoms with Crippen molar-refractivity contribution in [3.8, 4) is 0 Å². The number of hydrogen-bond donors (Lipinski definition) is 2. The van der Waals surface area contributed by atoms with Crippen LogP contribution in [0.1, 0.15) is 40.7 Å². The minimum Gasteiger partial charge on any atom is -0.387 e. The molecule has 3 rings (SSSR count). The summed E-state index contributed by atoms with van der Waals surface area (Å²) in [6.45, 7) is 2.75. The number of aromatic nitrogens is 2. The first-order chi connectivity index (χ1) is 9.63. The molecule has 2 N–H and O–H groups in total. The van der Waals surface area contributed by atoms with Gasteiger partial charge < -0.3 is 10.4 Å². The summed E-state index contributed by atoms with van der Waals surface area (Å²) in [5.41, 5.74) is 2.96. The number of aliphatic hydroxyl groups excluding tert-OH is 1. The highest BCUT2D eigenvalue weighted by Gasteiger charge is 2.22. The predicted octanol–water partition coefficient (Wildman–Crippen LogP) is 2.27. The molecule has 1 aliphatic heterocycles. The highest BCUT2D eigenvalue weighted by Crippen LogP contribution is 2.25. The van der Waals surface area contributed by atoms with Gasteiger partial charge in [0.25, 0.3) is 5.91 Å². The van der Waals surface area contributed by atoms with Crippen LogP contribution in [0.25, 0.3) is 0 Å². The molecule has 1 amide bonds. The Bertz CT molecular complexity index is 631. The average Bonchev–Trinajstić information content (AvgIpc) is 2.87. The van der Waals surface area contributed by atoms with Gasteiger partial charge in [0.15, 0.2) is 5.69 Å². The molecule has 5 nitrogen and oxygen atoms in total. The number of carbonyl (C=O) groups is 1. The standard InChI is InChI=1S/C15H17N3O2/c1-10-4-6-11(7-5-10)16-15(20)12-9-13-14(19)3-2-8-18(13)17-12/h4-7,9,14,19H,2-3,8H2,1H3,(H,16,20). The van der Waals surface area contributed by atoms with Crippen molar-refractivity contribution in [3.63, 3.8) is 0 Å². The summed E-state index contributed by atoms with van der Waals surface area (Å²) in [6, 6.07) is 9.28. The number of carbonyl (C=O) groups excluding carboxylic acids is 1. The second-order valence-electron chi connectivity index (χ2n) is 5.16. The van der Waals surface area contributed by atoms with Crippen LogP contribution in [-0.4, -0.2) is 20.8 Å². The molecule has 1 unspecified atom stereocenters. The van der Waals surface area contributed by atoms with Crippen molar-refractivity contribution >= 4 is 11.6 Å². The number of aryl methyl sites for hydroxylation is 2. The van der Waals surface area contributed by atoms with E-state index in [-0.39, 0.29) is 5.91 Å². The van der Waals surface area contributed by atoms with Crippen molar-refractivity contribution in [2.45, 2.75) is 32.4 Å². The number of hydrogen-bond acceptors (Lipinski definition) is 3. The van der Waals surface area contributed by atoms with Gasteiger partial charge in [-0.05, 0) is 38.0 Å². The number of nitrogens with one attached hydrogen (secondary N) is 1. The average molecular weight is 271 g/mol. The molecule has 0 spiro atoms. The fourth-order valence-corrected chi connectivity index (χ4v) is 2.40. The zero-order chi connectivity index (χ0) is 14.1. The lowest BCUT2D eigenvalue weighted by atomic mass is 10.1. The Morgan fingerprint density at radius 2 is 2.15 bits per heavy atom. The van der Waals surface area contributed by atoms with Gasteiger partial charge in [0.05, 0.1) is 11.8 Å². The normalized spacial score (nSPS) is 17.6. The smallest absolute Gasteiger partial charge is 0.276 e. The van der Waals surface area contributed by atoms with Crippen LogP contribution in [-0.2, 0) is 6.54 Å². The maximum atomic E-state index is 12.2. The molecule has 0 saturated heterocycles. The molecular formula is C15H17N3O2. The number of nitrogens with zero attached hydrogens (tertiary/aromatic N) is 2. The quantitative estimate of drug-likeness (QED) is 0.880. The zero-order valence-electron chi connectivity index (χ0n) is 11.3. The molecule has 1 atom stereocenters. The molecule has 0 bridgehead atoms. The third-order valence-electron chi connectivity index (χ3n) is 3.54. The summed E-state index contributed by atoms with van der Waals surface area (Å²) in [7, 11) is 0. The summed E-state index contributed by atoms with van der Waals surface area (Å²) in [5.74, 6) is -0.247. The zero-order valence-corrected chi connectivity index (χ0v) is 11.3.